The lowest BCUT2D eigenvalue weighted by Crippen LogP contribution is -2.52. The summed E-state index contributed by atoms with van der Waals surface area (Å²) in [6.45, 7) is 6.62. The molecule has 0 aromatic carbocycles. The Kier molecular flexibility index (Phi) is 9.76. The van der Waals surface area contributed by atoms with Crippen molar-refractivity contribution in [1.29, 1.82) is 0 Å². The average molecular weight is 257 g/mol. The zero-order valence-corrected chi connectivity index (χ0v) is 13.3. The Morgan fingerprint density at radius 2 is 1.39 bits per heavy atom. The molecule has 0 spiro atoms. The molecule has 0 amide bonds. The van der Waals surface area contributed by atoms with E-state index in [0.29, 0.717) is 0 Å². The third-order valence-corrected chi connectivity index (χ3v) is 4.57. The molecule has 0 aliphatic carbocycles. The Morgan fingerprint density at radius 1 is 0.889 bits per heavy atom. The Bertz CT molecular complexity index is 188. The fourth-order valence-electron chi connectivity index (χ4n) is 3.04. The maximum atomic E-state index is 10.5. The van der Waals surface area contributed by atoms with Crippen LogP contribution in [0.1, 0.15) is 78.6 Å². The summed E-state index contributed by atoms with van der Waals surface area (Å²) in [5.74, 6) is 0. The molecule has 0 aliphatic heterocycles. The van der Waals surface area contributed by atoms with Gasteiger partial charge in [-0.3, -0.25) is 0 Å². The molecule has 1 N–H and O–H groups in total. The van der Waals surface area contributed by atoms with Gasteiger partial charge in [0, 0.05) is 5.54 Å². The van der Waals surface area contributed by atoms with Crippen molar-refractivity contribution >= 4 is 0 Å². The third kappa shape index (κ3) is 5.27. The Labute approximate surface area is 115 Å². The predicted octanol–water partition coefficient (Wildman–Crippen LogP) is 4.22. The number of rotatable bonds is 11. The fourth-order valence-corrected chi connectivity index (χ4v) is 3.04. The van der Waals surface area contributed by atoms with Crippen molar-refractivity contribution in [1.82, 2.24) is 4.90 Å². The van der Waals surface area contributed by atoms with E-state index in [-0.39, 0.29) is 11.6 Å². The van der Waals surface area contributed by atoms with Crippen molar-refractivity contribution in [3.05, 3.63) is 0 Å². The summed E-state index contributed by atoms with van der Waals surface area (Å²) in [7, 11) is 4.19. The van der Waals surface area contributed by atoms with Gasteiger partial charge in [-0.25, -0.2) is 0 Å². The lowest BCUT2D eigenvalue weighted by atomic mass is 9.82. The normalized spacial score (nSPS) is 14.2. The van der Waals surface area contributed by atoms with Crippen LogP contribution in [0.3, 0.4) is 0 Å². The quantitative estimate of drug-likeness (QED) is 0.560. The number of aliphatic hydroxyl groups is 1. The SMILES string of the molecule is CCCCCCCCC(O)C(CC)(CC)N(C)C. The molecule has 0 aliphatic rings. The molecule has 2 heteroatoms. The van der Waals surface area contributed by atoms with Crippen molar-refractivity contribution < 1.29 is 5.11 Å². The molecular weight excluding hydrogens is 222 g/mol. The molecule has 110 valence electrons. The molecular formula is C16H35NO. The van der Waals surface area contributed by atoms with Gasteiger partial charge < -0.3 is 10.0 Å². The van der Waals surface area contributed by atoms with Crippen molar-refractivity contribution in [3.8, 4) is 0 Å². The monoisotopic (exact) mass is 257 g/mol. The van der Waals surface area contributed by atoms with Gasteiger partial charge in [0.05, 0.1) is 6.10 Å². The number of hydrogen-bond donors (Lipinski definition) is 1. The van der Waals surface area contributed by atoms with Gasteiger partial charge in [-0.1, -0.05) is 59.3 Å². The highest BCUT2D eigenvalue weighted by Gasteiger charge is 2.35. The van der Waals surface area contributed by atoms with Crippen molar-refractivity contribution in [2.75, 3.05) is 14.1 Å². The third-order valence-electron chi connectivity index (χ3n) is 4.57. The largest absolute Gasteiger partial charge is 0.391 e. The molecule has 0 heterocycles. The topological polar surface area (TPSA) is 23.5 Å². The predicted molar refractivity (Wildman–Crippen MR) is 81.0 cm³/mol. The second kappa shape index (κ2) is 9.80. The summed E-state index contributed by atoms with van der Waals surface area (Å²) in [6.07, 6.45) is 10.6. The standard InChI is InChI=1S/C16H35NO/c1-6-9-10-11-12-13-14-15(18)16(7-2,8-3)17(4)5/h15,18H,6-14H2,1-5H3. The molecule has 0 bridgehead atoms. The van der Waals surface area contributed by atoms with Gasteiger partial charge in [0.15, 0.2) is 0 Å². The van der Waals surface area contributed by atoms with E-state index in [1.165, 1.54) is 38.5 Å². The lowest BCUT2D eigenvalue weighted by molar-refractivity contribution is -0.0188. The van der Waals surface area contributed by atoms with Crippen LogP contribution in [-0.2, 0) is 0 Å². The van der Waals surface area contributed by atoms with E-state index in [0.717, 1.165) is 19.3 Å². The number of unbranched alkanes of at least 4 members (excludes halogenated alkanes) is 5. The first-order chi connectivity index (χ1) is 8.55. The van der Waals surface area contributed by atoms with E-state index in [9.17, 15) is 5.11 Å². The van der Waals surface area contributed by atoms with Gasteiger partial charge in [-0.05, 0) is 33.4 Å². The van der Waals surface area contributed by atoms with Crippen LogP contribution in [0.2, 0.25) is 0 Å². The number of likely N-dealkylation sites (N-methyl/N-ethyl adjacent to an activating group) is 1. The fraction of sp³-hybridized carbons (Fsp3) is 1.00. The van der Waals surface area contributed by atoms with Crippen LogP contribution in [0.4, 0.5) is 0 Å². The smallest absolute Gasteiger partial charge is 0.0723 e. The van der Waals surface area contributed by atoms with Gasteiger partial charge in [-0.15, -0.1) is 0 Å². The highest BCUT2D eigenvalue weighted by atomic mass is 16.3. The zero-order valence-electron chi connectivity index (χ0n) is 13.3. The number of aliphatic hydroxyl groups excluding tert-OH is 1. The molecule has 2 nitrogen and oxygen atoms in total. The van der Waals surface area contributed by atoms with Crippen LogP contribution >= 0.6 is 0 Å². The van der Waals surface area contributed by atoms with E-state index >= 15 is 0 Å². The van der Waals surface area contributed by atoms with Gasteiger partial charge in [-0.2, -0.15) is 0 Å². The molecule has 18 heavy (non-hydrogen) atoms. The summed E-state index contributed by atoms with van der Waals surface area (Å²) in [6, 6.07) is 0. The average Bonchev–Trinajstić information content (AvgIpc) is 2.35. The summed E-state index contributed by atoms with van der Waals surface area (Å²) >= 11 is 0. The minimum Gasteiger partial charge on any atom is -0.391 e. The van der Waals surface area contributed by atoms with Crippen LogP contribution in [0, 0.1) is 0 Å². The molecule has 0 aromatic rings. The summed E-state index contributed by atoms with van der Waals surface area (Å²) in [4.78, 5) is 2.22. The molecule has 0 aromatic heterocycles. The number of hydrogen-bond acceptors (Lipinski definition) is 2. The van der Waals surface area contributed by atoms with Crippen molar-refractivity contribution in [2.45, 2.75) is 90.2 Å². The molecule has 0 saturated carbocycles. The van der Waals surface area contributed by atoms with Gasteiger partial charge >= 0.3 is 0 Å². The summed E-state index contributed by atoms with van der Waals surface area (Å²) < 4.78 is 0. The molecule has 0 saturated heterocycles. The molecule has 0 radical (unpaired) electrons. The van der Waals surface area contributed by atoms with E-state index in [1.807, 2.05) is 0 Å². The Balaban J connectivity index is 4.00. The first kappa shape index (κ1) is 17.9. The molecule has 1 unspecified atom stereocenters. The van der Waals surface area contributed by atoms with E-state index in [2.05, 4.69) is 39.8 Å². The second-order valence-electron chi connectivity index (χ2n) is 5.78. The van der Waals surface area contributed by atoms with E-state index in [1.54, 1.807) is 0 Å². The van der Waals surface area contributed by atoms with Crippen LogP contribution in [-0.4, -0.2) is 35.7 Å². The van der Waals surface area contributed by atoms with E-state index in [4.69, 9.17) is 0 Å². The molecule has 0 fully saturated rings. The highest BCUT2D eigenvalue weighted by Crippen LogP contribution is 2.28. The maximum absolute atomic E-state index is 10.5. The molecule has 1 atom stereocenters. The van der Waals surface area contributed by atoms with Crippen LogP contribution < -0.4 is 0 Å². The Morgan fingerprint density at radius 3 is 1.83 bits per heavy atom. The van der Waals surface area contributed by atoms with Crippen molar-refractivity contribution in [2.24, 2.45) is 0 Å². The van der Waals surface area contributed by atoms with Gasteiger partial charge in [0.25, 0.3) is 0 Å². The zero-order chi connectivity index (χ0) is 14.0. The first-order valence-electron chi connectivity index (χ1n) is 7.90. The highest BCUT2D eigenvalue weighted by molar-refractivity contribution is 4.92. The minimum absolute atomic E-state index is 0.0244. The Hall–Kier alpha value is -0.0800. The lowest BCUT2D eigenvalue weighted by Gasteiger charge is -2.42. The summed E-state index contributed by atoms with van der Waals surface area (Å²) in [5.41, 5.74) is -0.0244. The van der Waals surface area contributed by atoms with Crippen LogP contribution in [0.5, 0.6) is 0 Å². The van der Waals surface area contributed by atoms with Crippen LogP contribution in [0.25, 0.3) is 0 Å². The minimum atomic E-state index is -0.186. The van der Waals surface area contributed by atoms with Gasteiger partial charge in [0.1, 0.15) is 0 Å². The van der Waals surface area contributed by atoms with Crippen molar-refractivity contribution in [3.63, 3.8) is 0 Å². The summed E-state index contributed by atoms with van der Waals surface area (Å²) in [5, 5.41) is 10.5. The van der Waals surface area contributed by atoms with Gasteiger partial charge in [0.2, 0.25) is 0 Å². The van der Waals surface area contributed by atoms with Crippen LogP contribution in [0.15, 0.2) is 0 Å². The maximum Gasteiger partial charge on any atom is 0.0723 e. The first-order valence-corrected chi connectivity index (χ1v) is 7.90. The molecule has 0 rings (SSSR count). The second-order valence-corrected chi connectivity index (χ2v) is 5.78. The van der Waals surface area contributed by atoms with E-state index < -0.39 is 0 Å². The number of nitrogens with zero attached hydrogens (tertiary/aromatic N) is 1.